The number of nitrogens with zero attached hydrogens (tertiary/aromatic N) is 3. The fourth-order valence-electron chi connectivity index (χ4n) is 3.07. The predicted molar refractivity (Wildman–Crippen MR) is 131 cm³/mol. The molecule has 0 unspecified atom stereocenters. The van der Waals surface area contributed by atoms with Gasteiger partial charge in [0.05, 0.1) is 16.8 Å². The van der Waals surface area contributed by atoms with Crippen LogP contribution in [-0.2, 0) is 16.9 Å². The number of halogens is 1. The highest BCUT2D eigenvalue weighted by molar-refractivity contribution is 7.90. The third kappa shape index (κ3) is 5.43. The van der Waals surface area contributed by atoms with Crippen molar-refractivity contribution in [2.75, 3.05) is 31.0 Å². The lowest BCUT2D eigenvalue weighted by atomic mass is 10.1. The number of carbonyl (C=O) groups is 2. The Labute approximate surface area is 202 Å². The van der Waals surface area contributed by atoms with Gasteiger partial charge in [-0.2, -0.15) is 5.10 Å². The molecule has 0 aliphatic heterocycles. The second-order valence-corrected chi connectivity index (χ2v) is 10.1. The van der Waals surface area contributed by atoms with Crippen LogP contribution in [0.25, 0.3) is 0 Å². The highest BCUT2D eigenvalue weighted by Gasteiger charge is 2.22. The smallest absolute Gasteiger partial charge is 0.261 e. The summed E-state index contributed by atoms with van der Waals surface area (Å²) in [5, 5.41) is 17.5. The highest BCUT2D eigenvalue weighted by Crippen LogP contribution is 2.26. The van der Waals surface area contributed by atoms with Gasteiger partial charge in [0.1, 0.15) is 17.2 Å². The second kappa shape index (κ2) is 9.65. The Kier molecular flexibility index (Phi) is 7.08. The molecule has 178 valence electrons. The Morgan fingerprint density at radius 1 is 1.03 bits per heavy atom. The Hall–Kier alpha value is -3.70. The lowest BCUT2D eigenvalue weighted by Gasteiger charge is -2.14. The number of amides is 2. The number of sulfone groups is 1. The molecule has 0 aliphatic rings. The standard InChI is InChI=1S/C22H23ClN6O4S/c1-28(2)19(24)13-5-7-14(8-6-13)21(30)27-20-16(12-25-29(20)3)22(31)26-17-10-9-15(23)11-18(17)34(4,32)33/h5-12,24H,1-4H3,(H,26,31)(H,27,30). The van der Waals surface area contributed by atoms with E-state index in [1.807, 2.05) is 0 Å². The van der Waals surface area contributed by atoms with Gasteiger partial charge in [0.15, 0.2) is 9.84 Å². The van der Waals surface area contributed by atoms with E-state index in [1.54, 1.807) is 50.3 Å². The molecule has 0 saturated carbocycles. The number of anilines is 2. The SMILES string of the molecule is CN(C)C(=N)c1ccc(C(=O)Nc2c(C(=O)Nc3ccc(Cl)cc3S(C)(=O)=O)cnn2C)cc1. The van der Waals surface area contributed by atoms with Crippen LogP contribution in [-0.4, -0.2) is 61.1 Å². The second-order valence-electron chi connectivity index (χ2n) is 7.67. The van der Waals surface area contributed by atoms with Crippen LogP contribution in [0.2, 0.25) is 5.02 Å². The highest BCUT2D eigenvalue weighted by atomic mass is 35.5. The molecular formula is C22H23ClN6O4S. The van der Waals surface area contributed by atoms with E-state index in [9.17, 15) is 18.0 Å². The van der Waals surface area contributed by atoms with Gasteiger partial charge in [-0.25, -0.2) is 8.42 Å². The molecular weight excluding hydrogens is 480 g/mol. The van der Waals surface area contributed by atoms with E-state index in [2.05, 4.69) is 15.7 Å². The summed E-state index contributed by atoms with van der Waals surface area (Å²) in [7, 11) is 1.39. The van der Waals surface area contributed by atoms with Crippen LogP contribution < -0.4 is 10.6 Å². The van der Waals surface area contributed by atoms with Crippen molar-refractivity contribution in [2.24, 2.45) is 7.05 Å². The summed E-state index contributed by atoms with van der Waals surface area (Å²) < 4.78 is 25.5. The van der Waals surface area contributed by atoms with Gasteiger partial charge in [-0.1, -0.05) is 23.7 Å². The van der Waals surface area contributed by atoms with Crippen LogP contribution in [0.5, 0.6) is 0 Å². The molecule has 0 fully saturated rings. The summed E-state index contributed by atoms with van der Waals surface area (Å²) in [4.78, 5) is 27.2. The van der Waals surface area contributed by atoms with E-state index in [0.717, 1.165) is 6.26 Å². The lowest BCUT2D eigenvalue weighted by Crippen LogP contribution is -2.22. The Balaban J connectivity index is 1.84. The fraction of sp³-hybridized carbons (Fsp3) is 0.182. The van der Waals surface area contributed by atoms with E-state index in [4.69, 9.17) is 17.0 Å². The van der Waals surface area contributed by atoms with Crippen molar-refractivity contribution in [3.05, 3.63) is 70.4 Å². The Bertz CT molecular complexity index is 1380. The number of rotatable bonds is 6. The number of nitrogens with one attached hydrogen (secondary N) is 3. The number of hydrogen-bond donors (Lipinski definition) is 3. The summed E-state index contributed by atoms with van der Waals surface area (Å²) in [5.74, 6) is -0.718. The van der Waals surface area contributed by atoms with Gasteiger partial charge in [-0.3, -0.25) is 19.7 Å². The predicted octanol–water partition coefficient (Wildman–Crippen LogP) is 2.87. The van der Waals surface area contributed by atoms with E-state index in [0.29, 0.717) is 17.0 Å². The van der Waals surface area contributed by atoms with E-state index in [1.165, 1.54) is 29.1 Å². The largest absolute Gasteiger partial charge is 0.363 e. The maximum absolute atomic E-state index is 12.9. The Morgan fingerprint density at radius 2 is 1.65 bits per heavy atom. The number of aromatic nitrogens is 2. The van der Waals surface area contributed by atoms with Crippen molar-refractivity contribution in [3.8, 4) is 0 Å². The van der Waals surface area contributed by atoms with Gasteiger partial charge in [-0.05, 0) is 30.3 Å². The van der Waals surface area contributed by atoms with Gasteiger partial charge in [-0.15, -0.1) is 0 Å². The molecule has 1 heterocycles. The molecule has 0 aliphatic carbocycles. The first-order chi connectivity index (χ1) is 15.9. The molecule has 2 aromatic carbocycles. The summed E-state index contributed by atoms with van der Waals surface area (Å²) in [6.45, 7) is 0. The van der Waals surface area contributed by atoms with Crippen LogP contribution in [0, 0.1) is 5.41 Å². The van der Waals surface area contributed by atoms with Crippen molar-refractivity contribution < 1.29 is 18.0 Å². The minimum absolute atomic E-state index is 0.0382. The molecule has 3 rings (SSSR count). The molecule has 3 aromatic rings. The molecule has 0 saturated heterocycles. The van der Waals surface area contributed by atoms with E-state index >= 15 is 0 Å². The molecule has 0 radical (unpaired) electrons. The number of carbonyl (C=O) groups excluding carboxylic acids is 2. The third-order valence-electron chi connectivity index (χ3n) is 4.87. The minimum Gasteiger partial charge on any atom is -0.363 e. The zero-order valence-electron chi connectivity index (χ0n) is 18.9. The van der Waals surface area contributed by atoms with Crippen LogP contribution in [0.4, 0.5) is 11.5 Å². The van der Waals surface area contributed by atoms with Crippen molar-refractivity contribution in [3.63, 3.8) is 0 Å². The minimum atomic E-state index is -3.67. The van der Waals surface area contributed by atoms with Crippen LogP contribution in [0.15, 0.2) is 53.6 Å². The van der Waals surface area contributed by atoms with E-state index < -0.39 is 21.7 Å². The number of amidine groups is 1. The molecule has 0 spiro atoms. The van der Waals surface area contributed by atoms with E-state index in [-0.39, 0.29) is 27.0 Å². The van der Waals surface area contributed by atoms with Gasteiger partial charge >= 0.3 is 0 Å². The average molecular weight is 503 g/mol. The van der Waals surface area contributed by atoms with Gasteiger partial charge in [0.25, 0.3) is 11.8 Å². The lowest BCUT2D eigenvalue weighted by molar-refractivity contribution is 0.102. The molecule has 1 aromatic heterocycles. The van der Waals surface area contributed by atoms with Crippen molar-refractivity contribution in [1.82, 2.24) is 14.7 Å². The maximum Gasteiger partial charge on any atom is 0.261 e. The zero-order valence-corrected chi connectivity index (χ0v) is 20.5. The average Bonchev–Trinajstić information content (AvgIpc) is 3.13. The molecule has 0 bridgehead atoms. The van der Waals surface area contributed by atoms with Crippen LogP contribution in [0.3, 0.4) is 0 Å². The maximum atomic E-state index is 12.9. The van der Waals surface area contributed by atoms with Gasteiger partial charge in [0, 0.05) is 43.5 Å². The summed E-state index contributed by atoms with van der Waals surface area (Å²) in [6.07, 6.45) is 2.28. The Morgan fingerprint density at radius 3 is 2.24 bits per heavy atom. The van der Waals surface area contributed by atoms with Crippen molar-refractivity contribution in [2.45, 2.75) is 4.90 Å². The first kappa shape index (κ1) is 24.9. The zero-order chi connectivity index (χ0) is 25.2. The topological polar surface area (TPSA) is 137 Å². The number of benzene rings is 2. The number of hydrogen-bond acceptors (Lipinski definition) is 6. The third-order valence-corrected chi connectivity index (χ3v) is 6.25. The normalized spacial score (nSPS) is 11.1. The molecule has 34 heavy (non-hydrogen) atoms. The first-order valence-corrected chi connectivity index (χ1v) is 12.2. The molecule has 3 N–H and O–H groups in total. The summed E-state index contributed by atoms with van der Waals surface area (Å²) in [5.41, 5.74) is 1.06. The summed E-state index contributed by atoms with van der Waals surface area (Å²) in [6, 6.07) is 10.5. The van der Waals surface area contributed by atoms with Crippen LogP contribution in [0.1, 0.15) is 26.3 Å². The molecule has 2 amide bonds. The van der Waals surface area contributed by atoms with Gasteiger partial charge in [0.2, 0.25) is 0 Å². The van der Waals surface area contributed by atoms with Crippen molar-refractivity contribution in [1.29, 1.82) is 5.41 Å². The van der Waals surface area contributed by atoms with Crippen molar-refractivity contribution >= 4 is 50.6 Å². The fourth-order valence-corrected chi connectivity index (χ4v) is 4.16. The van der Waals surface area contributed by atoms with Gasteiger partial charge < -0.3 is 15.5 Å². The quantitative estimate of drug-likeness (QED) is 0.350. The number of aryl methyl sites for hydroxylation is 1. The monoisotopic (exact) mass is 502 g/mol. The molecule has 0 atom stereocenters. The molecule has 12 heteroatoms. The molecule has 10 nitrogen and oxygen atoms in total. The van der Waals surface area contributed by atoms with Crippen LogP contribution >= 0.6 is 11.6 Å². The first-order valence-electron chi connectivity index (χ1n) is 9.89. The summed E-state index contributed by atoms with van der Waals surface area (Å²) >= 11 is 5.91.